The Kier molecular flexibility index (Phi) is 6.02. The summed E-state index contributed by atoms with van der Waals surface area (Å²) in [5, 5.41) is 7.31. The van der Waals surface area contributed by atoms with Crippen molar-refractivity contribution in [2.75, 3.05) is 19.0 Å². The summed E-state index contributed by atoms with van der Waals surface area (Å²) >= 11 is 1.30. The molecular formula is C27H23FN4OS. The van der Waals surface area contributed by atoms with Gasteiger partial charge < -0.3 is 4.90 Å². The predicted octanol–water partition coefficient (Wildman–Crippen LogP) is 5.71. The molecule has 0 spiro atoms. The number of amidine groups is 1. The van der Waals surface area contributed by atoms with E-state index >= 15 is 0 Å². The molecule has 0 fully saturated rings. The summed E-state index contributed by atoms with van der Waals surface area (Å²) in [7, 11) is 4.02. The van der Waals surface area contributed by atoms with Gasteiger partial charge in [-0.1, -0.05) is 54.6 Å². The Morgan fingerprint density at radius 2 is 1.71 bits per heavy atom. The van der Waals surface area contributed by atoms with Crippen LogP contribution < -0.4 is 4.90 Å². The standard InChI is InChI=1S/C27H23FN4OS/c1-31(2)22-14-10-20(11-15-22)24-17-23(19-6-4-3-5-7-19)30-32(24)27-29-26(33)25(34-27)16-18-8-12-21(28)13-9-18/h3-16,24H,17H2,1-2H3/b25-16-. The normalized spacial score (nSPS) is 18.9. The molecule has 2 heterocycles. The highest BCUT2D eigenvalue weighted by molar-refractivity contribution is 8.18. The van der Waals surface area contributed by atoms with Crippen LogP contribution in [0.2, 0.25) is 0 Å². The Hall–Kier alpha value is -3.71. The number of thioether (sulfide) groups is 1. The summed E-state index contributed by atoms with van der Waals surface area (Å²) in [6.45, 7) is 0. The molecule has 5 rings (SSSR count). The van der Waals surface area contributed by atoms with Crippen molar-refractivity contribution in [1.29, 1.82) is 0 Å². The van der Waals surface area contributed by atoms with Crippen LogP contribution in [0, 0.1) is 5.82 Å². The number of carbonyl (C=O) groups excluding carboxylic acids is 1. The van der Waals surface area contributed by atoms with E-state index in [0.717, 1.165) is 28.1 Å². The van der Waals surface area contributed by atoms with E-state index < -0.39 is 0 Å². The third-order valence-corrected chi connectivity index (χ3v) is 6.76. The van der Waals surface area contributed by atoms with Crippen LogP contribution in [-0.4, -0.2) is 35.9 Å². The smallest absolute Gasteiger partial charge is 0.286 e. The second kappa shape index (κ2) is 9.27. The fourth-order valence-corrected chi connectivity index (χ4v) is 4.87. The lowest BCUT2D eigenvalue weighted by Gasteiger charge is -2.23. The van der Waals surface area contributed by atoms with Crippen LogP contribution in [0.3, 0.4) is 0 Å². The third-order valence-electron chi connectivity index (χ3n) is 5.78. The number of benzene rings is 3. The maximum Gasteiger partial charge on any atom is 0.286 e. The van der Waals surface area contributed by atoms with Crippen molar-refractivity contribution < 1.29 is 9.18 Å². The maximum absolute atomic E-state index is 13.3. The number of hydrogen-bond donors (Lipinski definition) is 0. The number of hydrogen-bond acceptors (Lipinski definition) is 5. The SMILES string of the molecule is CN(C)c1ccc(C2CC(c3ccccc3)=NN2C2=NC(=O)/C(=C/c3ccc(F)cc3)S2)cc1. The molecule has 0 saturated carbocycles. The monoisotopic (exact) mass is 470 g/mol. The molecule has 3 aromatic carbocycles. The quantitative estimate of drug-likeness (QED) is 0.458. The van der Waals surface area contributed by atoms with Gasteiger partial charge in [-0.3, -0.25) is 4.79 Å². The molecule has 170 valence electrons. The zero-order valence-electron chi connectivity index (χ0n) is 18.9. The van der Waals surface area contributed by atoms with Gasteiger partial charge in [-0.15, -0.1) is 0 Å². The number of nitrogens with zero attached hydrogens (tertiary/aromatic N) is 4. The zero-order chi connectivity index (χ0) is 23.7. The molecule has 2 aliphatic heterocycles. The van der Waals surface area contributed by atoms with Gasteiger partial charge >= 0.3 is 0 Å². The van der Waals surface area contributed by atoms with E-state index in [2.05, 4.69) is 34.2 Å². The number of aliphatic imine (C=N–C) groups is 1. The van der Waals surface area contributed by atoms with E-state index in [0.29, 0.717) is 16.5 Å². The molecule has 0 bridgehead atoms. The van der Waals surface area contributed by atoms with E-state index in [1.165, 1.54) is 23.9 Å². The summed E-state index contributed by atoms with van der Waals surface area (Å²) < 4.78 is 13.3. The number of amides is 1. The maximum atomic E-state index is 13.3. The molecule has 0 radical (unpaired) electrons. The van der Waals surface area contributed by atoms with Crippen LogP contribution in [0.15, 0.2) is 93.9 Å². The summed E-state index contributed by atoms with van der Waals surface area (Å²) in [6, 6.07) is 24.4. The van der Waals surface area contributed by atoms with Gasteiger partial charge in [0.2, 0.25) is 0 Å². The Labute approximate surface area is 202 Å². The molecule has 34 heavy (non-hydrogen) atoms. The second-order valence-corrected chi connectivity index (χ2v) is 9.33. The largest absolute Gasteiger partial charge is 0.378 e. The van der Waals surface area contributed by atoms with Crippen LogP contribution in [-0.2, 0) is 4.79 Å². The first-order chi connectivity index (χ1) is 16.5. The first-order valence-electron chi connectivity index (χ1n) is 11.0. The van der Waals surface area contributed by atoms with Gasteiger partial charge in [0.25, 0.3) is 5.91 Å². The van der Waals surface area contributed by atoms with Crippen molar-refractivity contribution >= 4 is 40.3 Å². The molecular weight excluding hydrogens is 447 g/mol. The molecule has 5 nitrogen and oxygen atoms in total. The molecule has 0 aliphatic carbocycles. The van der Waals surface area contributed by atoms with Crippen LogP contribution in [0.1, 0.15) is 29.2 Å². The average Bonchev–Trinajstić information content (AvgIpc) is 3.45. The first-order valence-corrected chi connectivity index (χ1v) is 11.8. The van der Waals surface area contributed by atoms with Crippen molar-refractivity contribution in [2.45, 2.75) is 12.5 Å². The van der Waals surface area contributed by atoms with Crippen LogP contribution in [0.5, 0.6) is 0 Å². The van der Waals surface area contributed by atoms with Gasteiger partial charge in [0.1, 0.15) is 5.82 Å². The van der Waals surface area contributed by atoms with Gasteiger partial charge in [0.05, 0.1) is 16.7 Å². The van der Waals surface area contributed by atoms with Gasteiger partial charge in [-0.25, -0.2) is 9.40 Å². The molecule has 1 atom stereocenters. The minimum atomic E-state index is -0.313. The lowest BCUT2D eigenvalue weighted by Crippen LogP contribution is -2.23. The first kappa shape index (κ1) is 22.1. The van der Waals surface area contributed by atoms with E-state index in [-0.39, 0.29) is 17.8 Å². The number of anilines is 1. The van der Waals surface area contributed by atoms with E-state index in [1.54, 1.807) is 18.2 Å². The minimum absolute atomic E-state index is 0.0735. The molecule has 3 aromatic rings. The summed E-state index contributed by atoms with van der Waals surface area (Å²) in [5.41, 5.74) is 4.97. The Balaban J connectivity index is 1.47. The minimum Gasteiger partial charge on any atom is -0.378 e. The van der Waals surface area contributed by atoms with Crippen molar-refractivity contribution in [2.24, 2.45) is 10.1 Å². The Morgan fingerprint density at radius 1 is 1.00 bits per heavy atom. The van der Waals surface area contributed by atoms with E-state index in [4.69, 9.17) is 5.10 Å². The van der Waals surface area contributed by atoms with Crippen molar-refractivity contribution in [1.82, 2.24) is 5.01 Å². The lowest BCUT2D eigenvalue weighted by atomic mass is 9.98. The highest BCUT2D eigenvalue weighted by atomic mass is 32.2. The molecule has 0 saturated heterocycles. The van der Waals surface area contributed by atoms with Gasteiger partial charge in [0, 0.05) is 26.2 Å². The van der Waals surface area contributed by atoms with Crippen LogP contribution in [0.25, 0.3) is 6.08 Å². The highest BCUT2D eigenvalue weighted by Gasteiger charge is 2.36. The Morgan fingerprint density at radius 3 is 2.38 bits per heavy atom. The Bertz CT molecular complexity index is 1300. The molecule has 1 amide bonds. The molecule has 2 aliphatic rings. The summed E-state index contributed by atoms with van der Waals surface area (Å²) in [6.07, 6.45) is 2.44. The molecule has 1 unspecified atom stereocenters. The summed E-state index contributed by atoms with van der Waals surface area (Å²) in [4.78, 5) is 19.6. The van der Waals surface area contributed by atoms with Crippen molar-refractivity contribution in [3.63, 3.8) is 0 Å². The fraction of sp³-hybridized carbons (Fsp3) is 0.148. The summed E-state index contributed by atoms with van der Waals surface area (Å²) in [5.74, 6) is -0.623. The average molecular weight is 471 g/mol. The van der Waals surface area contributed by atoms with Crippen molar-refractivity contribution in [3.05, 3.63) is 106 Å². The highest BCUT2D eigenvalue weighted by Crippen LogP contribution is 2.39. The topological polar surface area (TPSA) is 48.3 Å². The van der Waals surface area contributed by atoms with Crippen LogP contribution >= 0.6 is 11.8 Å². The third kappa shape index (κ3) is 4.52. The molecule has 7 heteroatoms. The van der Waals surface area contributed by atoms with Gasteiger partial charge in [-0.2, -0.15) is 10.1 Å². The second-order valence-electron chi connectivity index (χ2n) is 8.32. The van der Waals surface area contributed by atoms with Crippen LogP contribution in [0.4, 0.5) is 10.1 Å². The predicted molar refractivity (Wildman–Crippen MR) is 137 cm³/mol. The number of carbonyl (C=O) groups is 1. The van der Waals surface area contributed by atoms with Gasteiger partial charge in [-0.05, 0) is 58.8 Å². The molecule has 0 aromatic heterocycles. The van der Waals surface area contributed by atoms with E-state index in [9.17, 15) is 9.18 Å². The fourth-order valence-electron chi connectivity index (χ4n) is 3.95. The van der Waals surface area contributed by atoms with Crippen molar-refractivity contribution in [3.8, 4) is 0 Å². The number of halogens is 1. The number of hydrazone groups is 1. The number of rotatable bonds is 4. The lowest BCUT2D eigenvalue weighted by molar-refractivity contribution is -0.113. The van der Waals surface area contributed by atoms with Gasteiger partial charge in [0.15, 0.2) is 5.17 Å². The van der Waals surface area contributed by atoms with E-state index in [1.807, 2.05) is 49.4 Å². The zero-order valence-corrected chi connectivity index (χ0v) is 19.7. The molecule has 0 N–H and O–H groups in total.